The van der Waals surface area contributed by atoms with Crippen LogP contribution in [0.15, 0.2) is 24.3 Å². The summed E-state index contributed by atoms with van der Waals surface area (Å²) in [4.78, 5) is 26.2. The fraction of sp³-hybridized carbons (Fsp3) is 0.579. The molecule has 2 amide bonds. The molecular weight excluding hydrogens is 318 g/mol. The van der Waals surface area contributed by atoms with E-state index in [4.69, 9.17) is 4.74 Å². The molecule has 0 spiro atoms. The Kier molecular flexibility index (Phi) is 7.88. The van der Waals surface area contributed by atoms with E-state index in [-0.39, 0.29) is 24.2 Å². The molecule has 1 aromatic rings. The van der Waals surface area contributed by atoms with Crippen molar-refractivity contribution in [1.29, 1.82) is 0 Å². The first kappa shape index (κ1) is 19.4. The van der Waals surface area contributed by atoms with Crippen molar-refractivity contribution in [3.05, 3.63) is 29.8 Å². The maximum absolute atomic E-state index is 12.3. The maximum atomic E-state index is 12.3. The van der Waals surface area contributed by atoms with Gasteiger partial charge in [0.1, 0.15) is 0 Å². The summed E-state index contributed by atoms with van der Waals surface area (Å²) in [5.74, 6) is -0.310. The van der Waals surface area contributed by atoms with Crippen LogP contribution in [-0.4, -0.2) is 51.7 Å². The summed E-state index contributed by atoms with van der Waals surface area (Å²) >= 11 is 0. The van der Waals surface area contributed by atoms with Gasteiger partial charge in [-0.15, -0.1) is 0 Å². The second-order valence-electron chi connectivity index (χ2n) is 6.36. The summed E-state index contributed by atoms with van der Waals surface area (Å²) in [6, 6.07) is 8.07. The number of benzene rings is 1. The Morgan fingerprint density at radius 2 is 2.00 bits per heavy atom. The van der Waals surface area contributed by atoms with Gasteiger partial charge in [-0.1, -0.05) is 25.5 Å². The summed E-state index contributed by atoms with van der Waals surface area (Å²) in [7, 11) is 1.66. The van der Waals surface area contributed by atoms with Crippen LogP contribution in [-0.2, 0) is 20.7 Å². The number of rotatable bonds is 10. The predicted molar refractivity (Wildman–Crippen MR) is 98.7 cm³/mol. The molecule has 1 aliphatic rings. The lowest BCUT2D eigenvalue weighted by Gasteiger charge is -2.17. The van der Waals surface area contributed by atoms with Gasteiger partial charge in [-0.25, -0.2) is 0 Å². The number of carbonyl (C=O) groups excluding carboxylic acids is 2. The smallest absolute Gasteiger partial charge is 0.227 e. The number of nitrogens with zero attached hydrogens (tertiary/aromatic N) is 1. The third kappa shape index (κ3) is 5.83. The second-order valence-corrected chi connectivity index (χ2v) is 6.36. The van der Waals surface area contributed by atoms with Crippen molar-refractivity contribution in [1.82, 2.24) is 10.6 Å². The Bertz CT molecular complexity index is 560. The highest BCUT2D eigenvalue weighted by Gasteiger charge is 2.34. The van der Waals surface area contributed by atoms with Gasteiger partial charge in [0, 0.05) is 45.4 Å². The second kappa shape index (κ2) is 10.2. The number of hydrogen-bond donors (Lipinski definition) is 2. The Hall–Kier alpha value is -1.92. The minimum atomic E-state index is -0.276. The molecule has 0 bridgehead atoms. The highest BCUT2D eigenvalue weighted by molar-refractivity contribution is 6.00. The monoisotopic (exact) mass is 347 g/mol. The van der Waals surface area contributed by atoms with Crippen LogP contribution in [0.25, 0.3) is 0 Å². The van der Waals surface area contributed by atoms with Crippen molar-refractivity contribution in [3.8, 4) is 0 Å². The van der Waals surface area contributed by atoms with Crippen LogP contribution in [0.5, 0.6) is 0 Å². The van der Waals surface area contributed by atoms with Crippen LogP contribution in [0.1, 0.15) is 25.3 Å². The summed E-state index contributed by atoms with van der Waals surface area (Å²) in [5, 5.41) is 6.07. The van der Waals surface area contributed by atoms with Gasteiger partial charge in [0.15, 0.2) is 0 Å². The molecule has 0 aliphatic carbocycles. The first-order valence-corrected chi connectivity index (χ1v) is 9.02. The molecule has 0 aromatic heterocycles. The Labute approximate surface area is 149 Å². The number of hydrogen-bond acceptors (Lipinski definition) is 4. The maximum Gasteiger partial charge on any atom is 0.227 e. The lowest BCUT2D eigenvalue weighted by molar-refractivity contribution is -0.126. The van der Waals surface area contributed by atoms with Crippen molar-refractivity contribution in [2.45, 2.75) is 26.2 Å². The first-order chi connectivity index (χ1) is 12.2. The lowest BCUT2D eigenvalue weighted by atomic mass is 10.1. The number of amides is 2. The third-order valence-electron chi connectivity index (χ3n) is 4.37. The molecule has 1 heterocycles. The van der Waals surface area contributed by atoms with Crippen molar-refractivity contribution in [3.63, 3.8) is 0 Å². The van der Waals surface area contributed by atoms with Gasteiger partial charge in [0.05, 0.1) is 12.5 Å². The quantitative estimate of drug-likeness (QED) is 0.627. The van der Waals surface area contributed by atoms with Gasteiger partial charge in [-0.05, 0) is 24.1 Å². The fourth-order valence-electron chi connectivity index (χ4n) is 2.98. The van der Waals surface area contributed by atoms with Gasteiger partial charge >= 0.3 is 0 Å². The molecule has 0 radical (unpaired) electrons. The lowest BCUT2D eigenvalue weighted by Crippen LogP contribution is -2.37. The molecule has 2 rings (SSSR count). The molecule has 6 nitrogen and oxygen atoms in total. The van der Waals surface area contributed by atoms with Crippen LogP contribution in [0, 0.1) is 5.92 Å². The minimum Gasteiger partial charge on any atom is -0.383 e. The molecule has 1 atom stereocenters. The summed E-state index contributed by atoms with van der Waals surface area (Å²) < 4.78 is 4.94. The largest absolute Gasteiger partial charge is 0.383 e. The van der Waals surface area contributed by atoms with Gasteiger partial charge in [0.2, 0.25) is 11.8 Å². The van der Waals surface area contributed by atoms with Crippen molar-refractivity contribution in [2.75, 3.05) is 44.8 Å². The molecule has 1 unspecified atom stereocenters. The fourth-order valence-corrected chi connectivity index (χ4v) is 2.98. The number of aryl methyl sites for hydroxylation is 1. The topological polar surface area (TPSA) is 70.7 Å². The van der Waals surface area contributed by atoms with E-state index in [0.29, 0.717) is 26.2 Å². The van der Waals surface area contributed by atoms with E-state index in [9.17, 15) is 9.59 Å². The third-order valence-corrected chi connectivity index (χ3v) is 4.37. The van der Waals surface area contributed by atoms with Crippen LogP contribution in [0.4, 0.5) is 5.69 Å². The zero-order valence-electron chi connectivity index (χ0n) is 15.2. The molecule has 138 valence electrons. The van der Waals surface area contributed by atoms with Crippen molar-refractivity contribution in [2.24, 2.45) is 5.92 Å². The van der Waals surface area contributed by atoms with E-state index in [0.717, 1.165) is 25.1 Å². The zero-order chi connectivity index (χ0) is 18.1. The van der Waals surface area contributed by atoms with Crippen LogP contribution in [0.2, 0.25) is 0 Å². The molecular formula is C19H29N3O3. The van der Waals surface area contributed by atoms with Crippen LogP contribution in [0.3, 0.4) is 0 Å². The average molecular weight is 347 g/mol. The van der Waals surface area contributed by atoms with Gasteiger partial charge < -0.3 is 20.3 Å². The SMILES string of the molecule is CCCc1ccc(N2CC(C(=O)NCCNCCOC)CC2=O)cc1. The van der Waals surface area contributed by atoms with Gasteiger partial charge in [-0.3, -0.25) is 9.59 Å². The van der Waals surface area contributed by atoms with Gasteiger partial charge in [0.25, 0.3) is 0 Å². The highest BCUT2D eigenvalue weighted by Crippen LogP contribution is 2.25. The number of nitrogens with one attached hydrogen (secondary N) is 2. The number of anilines is 1. The van der Waals surface area contributed by atoms with Crippen molar-refractivity contribution < 1.29 is 14.3 Å². The van der Waals surface area contributed by atoms with Crippen LogP contribution < -0.4 is 15.5 Å². The molecule has 1 saturated heterocycles. The Balaban J connectivity index is 1.79. The molecule has 0 saturated carbocycles. The molecule has 1 fully saturated rings. The first-order valence-electron chi connectivity index (χ1n) is 9.02. The molecule has 1 aliphatic heterocycles. The van der Waals surface area contributed by atoms with E-state index in [1.54, 1.807) is 12.0 Å². The molecule has 1 aromatic carbocycles. The Morgan fingerprint density at radius 3 is 2.68 bits per heavy atom. The average Bonchev–Trinajstić information content (AvgIpc) is 3.01. The Morgan fingerprint density at radius 1 is 1.24 bits per heavy atom. The summed E-state index contributed by atoms with van der Waals surface area (Å²) in [5.41, 5.74) is 2.15. The summed E-state index contributed by atoms with van der Waals surface area (Å²) in [6.07, 6.45) is 2.42. The van der Waals surface area contributed by atoms with Crippen LogP contribution >= 0.6 is 0 Å². The molecule has 6 heteroatoms. The number of ether oxygens (including phenoxy) is 1. The normalized spacial score (nSPS) is 17.1. The van der Waals surface area contributed by atoms with E-state index in [1.807, 2.05) is 12.1 Å². The zero-order valence-corrected chi connectivity index (χ0v) is 15.2. The van der Waals surface area contributed by atoms with Gasteiger partial charge in [-0.2, -0.15) is 0 Å². The summed E-state index contributed by atoms with van der Waals surface area (Å²) in [6.45, 7) is 5.26. The standard InChI is InChI=1S/C19H29N3O3/c1-3-4-15-5-7-17(8-6-15)22-14-16(13-18(22)23)19(24)21-10-9-20-11-12-25-2/h5-8,16,20H,3-4,9-14H2,1-2H3,(H,21,24). The number of methoxy groups -OCH3 is 1. The molecule has 25 heavy (non-hydrogen) atoms. The predicted octanol–water partition coefficient (Wildman–Crippen LogP) is 1.34. The van der Waals surface area contributed by atoms with E-state index in [2.05, 4.69) is 29.7 Å². The highest BCUT2D eigenvalue weighted by atomic mass is 16.5. The van der Waals surface area contributed by atoms with E-state index >= 15 is 0 Å². The number of carbonyl (C=O) groups is 2. The van der Waals surface area contributed by atoms with E-state index < -0.39 is 0 Å². The van der Waals surface area contributed by atoms with E-state index in [1.165, 1.54) is 5.56 Å². The van der Waals surface area contributed by atoms with Crippen molar-refractivity contribution >= 4 is 17.5 Å². The minimum absolute atomic E-state index is 0.0154. The molecule has 2 N–H and O–H groups in total.